The number of esters is 1. The van der Waals surface area contributed by atoms with Crippen molar-refractivity contribution in [2.24, 2.45) is 0 Å². The van der Waals surface area contributed by atoms with E-state index in [9.17, 15) is 9.18 Å². The van der Waals surface area contributed by atoms with Crippen LogP contribution in [0.4, 0.5) is 10.1 Å². The SMILES string of the molecule is CCOC(=O)C(C)(C)N(C)c1ccc(F)cc1. The second-order valence-corrected chi connectivity index (χ2v) is 4.31. The van der Waals surface area contributed by atoms with Crippen molar-refractivity contribution in [1.29, 1.82) is 0 Å². The van der Waals surface area contributed by atoms with Gasteiger partial charge in [0.2, 0.25) is 0 Å². The number of halogens is 1. The summed E-state index contributed by atoms with van der Waals surface area (Å²) < 4.78 is 17.8. The summed E-state index contributed by atoms with van der Waals surface area (Å²) in [7, 11) is 1.78. The van der Waals surface area contributed by atoms with Crippen LogP contribution in [-0.4, -0.2) is 25.2 Å². The molecule has 1 aromatic carbocycles. The lowest BCUT2D eigenvalue weighted by molar-refractivity contribution is -0.148. The van der Waals surface area contributed by atoms with Gasteiger partial charge in [-0.25, -0.2) is 9.18 Å². The Morgan fingerprint density at radius 1 is 1.35 bits per heavy atom. The topological polar surface area (TPSA) is 29.5 Å². The molecule has 94 valence electrons. The number of hydrogen-bond acceptors (Lipinski definition) is 3. The first-order valence-corrected chi connectivity index (χ1v) is 5.56. The van der Waals surface area contributed by atoms with Gasteiger partial charge in [0.1, 0.15) is 11.4 Å². The van der Waals surface area contributed by atoms with Gasteiger partial charge in [0.15, 0.2) is 0 Å². The lowest BCUT2D eigenvalue weighted by Gasteiger charge is -2.35. The van der Waals surface area contributed by atoms with Crippen molar-refractivity contribution in [1.82, 2.24) is 0 Å². The van der Waals surface area contributed by atoms with Gasteiger partial charge in [-0.1, -0.05) is 0 Å². The number of nitrogens with zero attached hydrogens (tertiary/aromatic N) is 1. The smallest absolute Gasteiger partial charge is 0.331 e. The summed E-state index contributed by atoms with van der Waals surface area (Å²) in [4.78, 5) is 13.6. The normalized spacial score (nSPS) is 11.1. The molecule has 0 saturated heterocycles. The van der Waals surface area contributed by atoms with E-state index in [0.29, 0.717) is 6.61 Å². The predicted molar refractivity (Wildman–Crippen MR) is 65.5 cm³/mol. The average molecular weight is 239 g/mol. The molecule has 0 aliphatic rings. The van der Waals surface area contributed by atoms with Gasteiger partial charge < -0.3 is 9.64 Å². The van der Waals surface area contributed by atoms with Gasteiger partial charge in [-0.05, 0) is 45.0 Å². The van der Waals surface area contributed by atoms with Crippen LogP contribution in [0.25, 0.3) is 0 Å². The number of benzene rings is 1. The first-order valence-electron chi connectivity index (χ1n) is 5.56. The molecule has 0 spiro atoms. The highest BCUT2D eigenvalue weighted by atomic mass is 19.1. The Kier molecular flexibility index (Phi) is 4.10. The van der Waals surface area contributed by atoms with E-state index in [1.807, 2.05) is 0 Å². The fourth-order valence-electron chi connectivity index (χ4n) is 1.43. The minimum absolute atomic E-state index is 0.295. The van der Waals surface area contributed by atoms with Crippen LogP contribution in [-0.2, 0) is 9.53 Å². The number of carbonyl (C=O) groups excluding carboxylic acids is 1. The van der Waals surface area contributed by atoms with Crippen LogP contribution in [0, 0.1) is 5.82 Å². The standard InChI is InChI=1S/C13H18FNO2/c1-5-17-12(16)13(2,3)15(4)11-8-6-10(14)7-9-11/h6-9H,5H2,1-4H3. The Labute approximate surface area is 101 Å². The summed E-state index contributed by atoms with van der Waals surface area (Å²) in [5.41, 5.74) is -0.0159. The van der Waals surface area contributed by atoms with Crippen LogP contribution in [0.2, 0.25) is 0 Å². The summed E-state index contributed by atoms with van der Waals surface area (Å²) in [5.74, 6) is -0.595. The summed E-state index contributed by atoms with van der Waals surface area (Å²) in [6, 6.07) is 6.01. The molecular formula is C13H18FNO2. The third kappa shape index (κ3) is 2.96. The summed E-state index contributed by atoms with van der Waals surface area (Å²) in [5, 5.41) is 0. The zero-order valence-corrected chi connectivity index (χ0v) is 10.7. The maximum Gasteiger partial charge on any atom is 0.331 e. The highest BCUT2D eigenvalue weighted by Crippen LogP contribution is 2.23. The van der Waals surface area contributed by atoms with Gasteiger partial charge in [-0.3, -0.25) is 0 Å². The van der Waals surface area contributed by atoms with Crippen LogP contribution in [0.15, 0.2) is 24.3 Å². The van der Waals surface area contributed by atoms with E-state index >= 15 is 0 Å². The predicted octanol–water partition coefficient (Wildman–Crippen LogP) is 2.60. The number of rotatable bonds is 4. The van der Waals surface area contributed by atoms with Crippen LogP contribution in [0.5, 0.6) is 0 Å². The molecule has 4 heteroatoms. The molecule has 0 fully saturated rings. The molecule has 1 aromatic rings. The van der Waals surface area contributed by atoms with Crippen molar-refractivity contribution in [2.45, 2.75) is 26.3 Å². The Hall–Kier alpha value is -1.58. The number of carbonyl (C=O) groups is 1. The first kappa shape index (κ1) is 13.5. The van der Waals surface area contributed by atoms with Crippen molar-refractivity contribution in [3.8, 4) is 0 Å². The van der Waals surface area contributed by atoms with E-state index in [-0.39, 0.29) is 11.8 Å². The number of likely N-dealkylation sites (N-methyl/N-ethyl adjacent to an activating group) is 1. The minimum Gasteiger partial charge on any atom is -0.464 e. The fourth-order valence-corrected chi connectivity index (χ4v) is 1.43. The molecule has 0 radical (unpaired) electrons. The van der Waals surface area contributed by atoms with Gasteiger partial charge >= 0.3 is 5.97 Å². The van der Waals surface area contributed by atoms with Crippen molar-refractivity contribution in [3.05, 3.63) is 30.1 Å². The fraction of sp³-hybridized carbons (Fsp3) is 0.462. The van der Waals surface area contributed by atoms with Crippen molar-refractivity contribution < 1.29 is 13.9 Å². The second-order valence-electron chi connectivity index (χ2n) is 4.31. The van der Waals surface area contributed by atoms with E-state index in [2.05, 4.69) is 0 Å². The number of anilines is 1. The molecule has 0 unspecified atom stereocenters. The molecule has 3 nitrogen and oxygen atoms in total. The molecule has 0 atom stereocenters. The van der Waals surface area contributed by atoms with E-state index < -0.39 is 5.54 Å². The summed E-state index contributed by atoms with van der Waals surface area (Å²) >= 11 is 0. The summed E-state index contributed by atoms with van der Waals surface area (Å²) in [6.45, 7) is 5.66. The molecule has 17 heavy (non-hydrogen) atoms. The largest absolute Gasteiger partial charge is 0.464 e. The number of ether oxygens (including phenoxy) is 1. The Bertz CT molecular complexity index is 387. The molecule has 0 aliphatic heterocycles. The van der Waals surface area contributed by atoms with E-state index in [4.69, 9.17) is 4.74 Å². The molecule has 1 rings (SSSR count). The van der Waals surface area contributed by atoms with Crippen LogP contribution < -0.4 is 4.90 Å². The zero-order valence-electron chi connectivity index (χ0n) is 10.7. The first-order chi connectivity index (χ1) is 7.89. The zero-order chi connectivity index (χ0) is 13.1. The quantitative estimate of drug-likeness (QED) is 0.756. The van der Waals surface area contributed by atoms with Gasteiger partial charge in [0.25, 0.3) is 0 Å². The maximum atomic E-state index is 12.8. The maximum absolute atomic E-state index is 12.8. The molecule has 0 aromatic heterocycles. The van der Waals surface area contributed by atoms with Gasteiger partial charge in [-0.2, -0.15) is 0 Å². The Morgan fingerprint density at radius 3 is 2.35 bits per heavy atom. The molecule has 0 amide bonds. The minimum atomic E-state index is -0.784. The van der Waals surface area contributed by atoms with Crippen molar-refractivity contribution in [2.75, 3.05) is 18.6 Å². The monoisotopic (exact) mass is 239 g/mol. The molecule has 0 bridgehead atoms. The van der Waals surface area contributed by atoms with Crippen molar-refractivity contribution in [3.63, 3.8) is 0 Å². The third-order valence-corrected chi connectivity index (χ3v) is 2.83. The lowest BCUT2D eigenvalue weighted by atomic mass is 10.0. The lowest BCUT2D eigenvalue weighted by Crippen LogP contribution is -2.49. The third-order valence-electron chi connectivity index (χ3n) is 2.83. The molecule has 0 N–H and O–H groups in total. The highest BCUT2D eigenvalue weighted by Gasteiger charge is 2.33. The van der Waals surface area contributed by atoms with Crippen LogP contribution >= 0.6 is 0 Å². The highest BCUT2D eigenvalue weighted by molar-refractivity contribution is 5.84. The summed E-state index contributed by atoms with van der Waals surface area (Å²) in [6.07, 6.45) is 0. The van der Waals surface area contributed by atoms with Gasteiger partial charge in [0, 0.05) is 12.7 Å². The molecular weight excluding hydrogens is 221 g/mol. The number of hydrogen-bond donors (Lipinski definition) is 0. The van der Waals surface area contributed by atoms with E-state index in [0.717, 1.165) is 5.69 Å². The van der Waals surface area contributed by atoms with Crippen molar-refractivity contribution >= 4 is 11.7 Å². The Balaban J connectivity index is 2.91. The van der Waals surface area contributed by atoms with Gasteiger partial charge in [0.05, 0.1) is 6.61 Å². The average Bonchev–Trinajstić information content (AvgIpc) is 2.29. The van der Waals surface area contributed by atoms with E-state index in [1.54, 1.807) is 44.9 Å². The second kappa shape index (κ2) is 5.17. The van der Waals surface area contributed by atoms with Crippen LogP contribution in [0.1, 0.15) is 20.8 Å². The molecule has 0 heterocycles. The van der Waals surface area contributed by atoms with Gasteiger partial charge in [-0.15, -0.1) is 0 Å². The van der Waals surface area contributed by atoms with E-state index in [1.165, 1.54) is 12.1 Å². The molecule has 0 aliphatic carbocycles. The van der Waals surface area contributed by atoms with Crippen LogP contribution in [0.3, 0.4) is 0 Å². The molecule has 0 saturated carbocycles. The Morgan fingerprint density at radius 2 is 1.88 bits per heavy atom.